The van der Waals surface area contributed by atoms with Crippen molar-refractivity contribution in [1.82, 2.24) is 0 Å². The van der Waals surface area contributed by atoms with E-state index in [-0.39, 0.29) is 11.5 Å². The Balaban J connectivity index is 2.15. The van der Waals surface area contributed by atoms with Gasteiger partial charge in [-0.05, 0) is 42.0 Å². The SMILES string of the molecule is COc1ccc(Br)cc1/C=C/C(=O)Oc1ccc(/C=C/[N+](=O)[O-])cc1OC. The number of halogens is 1. The van der Waals surface area contributed by atoms with Crippen molar-refractivity contribution in [2.75, 3.05) is 14.2 Å². The van der Waals surface area contributed by atoms with E-state index in [4.69, 9.17) is 14.2 Å². The van der Waals surface area contributed by atoms with Crippen LogP contribution in [-0.2, 0) is 4.79 Å². The Labute approximate surface area is 164 Å². The lowest BCUT2D eigenvalue weighted by Gasteiger charge is -2.08. The highest BCUT2D eigenvalue weighted by molar-refractivity contribution is 9.10. The Hall–Kier alpha value is -3.13. The number of hydrogen-bond donors (Lipinski definition) is 0. The number of nitrogens with zero attached hydrogens (tertiary/aromatic N) is 1. The van der Waals surface area contributed by atoms with Crippen LogP contribution < -0.4 is 14.2 Å². The molecule has 2 aromatic carbocycles. The fourth-order valence-electron chi connectivity index (χ4n) is 2.15. The first-order valence-electron chi connectivity index (χ1n) is 7.66. The number of nitro groups is 1. The van der Waals surface area contributed by atoms with E-state index >= 15 is 0 Å². The van der Waals surface area contributed by atoms with Crippen molar-refractivity contribution in [2.24, 2.45) is 0 Å². The highest BCUT2D eigenvalue weighted by Crippen LogP contribution is 2.29. The van der Waals surface area contributed by atoms with Gasteiger partial charge in [0, 0.05) is 22.2 Å². The smallest absolute Gasteiger partial charge is 0.336 e. The number of carbonyl (C=O) groups excluding carboxylic acids is 1. The zero-order chi connectivity index (χ0) is 19.8. The summed E-state index contributed by atoms with van der Waals surface area (Å²) in [5, 5.41) is 10.4. The zero-order valence-electron chi connectivity index (χ0n) is 14.5. The Morgan fingerprint density at radius 3 is 2.41 bits per heavy atom. The topological polar surface area (TPSA) is 87.9 Å². The van der Waals surface area contributed by atoms with Crippen molar-refractivity contribution in [3.05, 3.63) is 74.4 Å². The summed E-state index contributed by atoms with van der Waals surface area (Å²) in [5.74, 6) is 0.486. The third-order valence-corrected chi connectivity index (χ3v) is 3.87. The number of ether oxygens (including phenoxy) is 3. The van der Waals surface area contributed by atoms with Gasteiger partial charge in [0.1, 0.15) is 5.75 Å². The fourth-order valence-corrected chi connectivity index (χ4v) is 2.53. The summed E-state index contributed by atoms with van der Waals surface area (Å²) in [4.78, 5) is 21.9. The number of methoxy groups -OCH3 is 2. The van der Waals surface area contributed by atoms with Crippen molar-refractivity contribution in [2.45, 2.75) is 0 Å². The third-order valence-electron chi connectivity index (χ3n) is 3.38. The monoisotopic (exact) mass is 433 g/mol. The molecular formula is C19H16BrNO6. The third kappa shape index (κ3) is 5.96. The molecule has 0 atom stereocenters. The maximum absolute atomic E-state index is 12.1. The number of carbonyl (C=O) groups is 1. The van der Waals surface area contributed by atoms with E-state index in [0.717, 1.165) is 10.7 Å². The Morgan fingerprint density at radius 1 is 1.04 bits per heavy atom. The summed E-state index contributed by atoms with van der Waals surface area (Å²) >= 11 is 3.36. The molecule has 0 bridgehead atoms. The number of rotatable bonds is 7. The lowest BCUT2D eigenvalue weighted by molar-refractivity contribution is -0.400. The van der Waals surface area contributed by atoms with Crippen LogP contribution in [0.3, 0.4) is 0 Å². The molecular weight excluding hydrogens is 418 g/mol. The highest BCUT2D eigenvalue weighted by atomic mass is 79.9. The molecule has 2 rings (SSSR count). The molecule has 0 aliphatic rings. The van der Waals surface area contributed by atoms with E-state index in [1.165, 1.54) is 31.4 Å². The first kappa shape index (κ1) is 20.2. The molecule has 0 aromatic heterocycles. The summed E-state index contributed by atoms with van der Waals surface area (Å²) in [5.41, 5.74) is 1.24. The second-order valence-corrected chi connectivity index (χ2v) is 6.07. The van der Waals surface area contributed by atoms with Gasteiger partial charge in [-0.15, -0.1) is 0 Å². The second kappa shape index (κ2) is 9.54. The van der Waals surface area contributed by atoms with Gasteiger partial charge in [0.2, 0.25) is 6.20 Å². The zero-order valence-corrected chi connectivity index (χ0v) is 16.1. The lowest BCUT2D eigenvalue weighted by Crippen LogP contribution is -2.05. The molecule has 0 N–H and O–H groups in total. The number of hydrogen-bond acceptors (Lipinski definition) is 6. The Kier molecular flexibility index (Phi) is 7.13. The van der Waals surface area contributed by atoms with E-state index in [1.807, 2.05) is 6.07 Å². The molecule has 8 heteroatoms. The molecule has 7 nitrogen and oxygen atoms in total. The highest BCUT2D eigenvalue weighted by Gasteiger charge is 2.09. The Morgan fingerprint density at radius 2 is 1.74 bits per heavy atom. The van der Waals surface area contributed by atoms with Gasteiger partial charge in [0.05, 0.1) is 19.1 Å². The summed E-state index contributed by atoms with van der Waals surface area (Å²) in [7, 11) is 2.95. The molecule has 0 fully saturated rings. The van der Waals surface area contributed by atoms with E-state index in [1.54, 1.807) is 31.4 Å². The summed E-state index contributed by atoms with van der Waals surface area (Å²) in [6, 6.07) is 10.0. The predicted octanol–water partition coefficient (Wildman–Crippen LogP) is 4.33. The average molecular weight is 434 g/mol. The van der Waals surface area contributed by atoms with Crippen LogP contribution in [0, 0.1) is 10.1 Å². The minimum Gasteiger partial charge on any atom is -0.496 e. The average Bonchev–Trinajstić information content (AvgIpc) is 2.65. The van der Waals surface area contributed by atoms with E-state index in [0.29, 0.717) is 16.9 Å². The second-order valence-electron chi connectivity index (χ2n) is 5.15. The number of esters is 1. The molecule has 0 heterocycles. The number of benzene rings is 2. The molecule has 0 radical (unpaired) electrons. The lowest BCUT2D eigenvalue weighted by atomic mass is 10.2. The van der Waals surface area contributed by atoms with Crippen LogP contribution >= 0.6 is 15.9 Å². The fraction of sp³-hybridized carbons (Fsp3) is 0.105. The van der Waals surface area contributed by atoms with Gasteiger partial charge in [-0.3, -0.25) is 10.1 Å². The van der Waals surface area contributed by atoms with Crippen molar-refractivity contribution in [3.63, 3.8) is 0 Å². The Bertz CT molecular complexity index is 907. The van der Waals surface area contributed by atoms with E-state index in [2.05, 4.69) is 15.9 Å². The van der Waals surface area contributed by atoms with Gasteiger partial charge in [0.15, 0.2) is 11.5 Å². The van der Waals surface area contributed by atoms with Gasteiger partial charge in [-0.25, -0.2) is 4.79 Å². The van der Waals surface area contributed by atoms with Crippen molar-refractivity contribution >= 4 is 34.1 Å². The molecule has 0 saturated carbocycles. The normalized spacial score (nSPS) is 10.9. The quantitative estimate of drug-likeness (QED) is 0.212. The summed E-state index contributed by atoms with van der Waals surface area (Å²) in [6.07, 6.45) is 4.97. The first-order valence-corrected chi connectivity index (χ1v) is 8.45. The molecule has 0 aliphatic heterocycles. The van der Waals surface area contributed by atoms with Gasteiger partial charge in [0.25, 0.3) is 0 Å². The van der Waals surface area contributed by atoms with Crippen LogP contribution in [0.1, 0.15) is 11.1 Å². The van der Waals surface area contributed by atoms with Gasteiger partial charge >= 0.3 is 5.97 Å². The molecule has 0 unspecified atom stereocenters. The van der Waals surface area contributed by atoms with Crippen molar-refractivity contribution in [3.8, 4) is 17.2 Å². The van der Waals surface area contributed by atoms with Crippen molar-refractivity contribution in [1.29, 1.82) is 0 Å². The van der Waals surface area contributed by atoms with Crippen molar-refractivity contribution < 1.29 is 23.9 Å². The van der Waals surface area contributed by atoms with E-state index in [9.17, 15) is 14.9 Å². The predicted molar refractivity (Wildman–Crippen MR) is 104 cm³/mol. The maximum Gasteiger partial charge on any atom is 0.336 e. The van der Waals surface area contributed by atoms with Crippen LogP contribution in [0.25, 0.3) is 12.2 Å². The van der Waals surface area contributed by atoms with Crippen LogP contribution in [0.15, 0.2) is 53.1 Å². The van der Waals surface area contributed by atoms with Crippen LogP contribution in [0.4, 0.5) is 0 Å². The van der Waals surface area contributed by atoms with E-state index < -0.39 is 10.9 Å². The minimum absolute atomic E-state index is 0.201. The van der Waals surface area contributed by atoms with Crippen LogP contribution in [0.5, 0.6) is 17.2 Å². The molecule has 2 aromatic rings. The summed E-state index contributed by atoms with van der Waals surface area (Å²) < 4.78 is 16.5. The van der Waals surface area contributed by atoms with Crippen LogP contribution in [0.2, 0.25) is 0 Å². The summed E-state index contributed by atoms with van der Waals surface area (Å²) in [6.45, 7) is 0. The van der Waals surface area contributed by atoms with Gasteiger partial charge in [-0.2, -0.15) is 0 Å². The standard InChI is InChI=1S/C19H16BrNO6/c1-25-16-7-5-15(20)12-14(16)4-8-19(22)27-17-6-3-13(9-10-21(23)24)11-18(17)26-2/h3-12H,1-2H3/b8-4+,10-9+. The van der Waals surface area contributed by atoms with Gasteiger partial charge in [-0.1, -0.05) is 22.0 Å². The maximum atomic E-state index is 12.1. The molecule has 0 saturated heterocycles. The minimum atomic E-state index is -0.607. The van der Waals surface area contributed by atoms with Crippen LogP contribution in [-0.4, -0.2) is 25.1 Å². The molecule has 0 amide bonds. The molecule has 27 heavy (non-hydrogen) atoms. The first-order chi connectivity index (χ1) is 12.9. The largest absolute Gasteiger partial charge is 0.496 e. The molecule has 0 spiro atoms. The molecule has 140 valence electrons. The molecule has 0 aliphatic carbocycles. The van der Waals surface area contributed by atoms with Gasteiger partial charge < -0.3 is 14.2 Å².